The van der Waals surface area contributed by atoms with E-state index in [-0.39, 0.29) is 33.9 Å². The van der Waals surface area contributed by atoms with Gasteiger partial charge < -0.3 is 9.47 Å². The van der Waals surface area contributed by atoms with Crippen molar-refractivity contribution in [3.05, 3.63) is 35.4 Å². The maximum absolute atomic E-state index is 13.3. The predicted octanol–water partition coefficient (Wildman–Crippen LogP) is 6.43. The van der Waals surface area contributed by atoms with Crippen LogP contribution in [-0.4, -0.2) is 24.1 Å². The van der Waals surface area contributed by atoms with Crippen LogP contribution in [0, 0.1) is 33.5 Å². The fourth-order valence-corrected chi connectivity index (χ4v) is 7.84. The van der Waals surface area contributed by atoms with Gasteiger partial charge in [-0.1, -0.05) is 53.7 Å². The number of carbonyl (C=O) groups is 2. The molecule has 5 rings (SSSR count). The van der Waals surface area contributed by atoms with Gasteiger partial charge in [-0.05, 0) is 73.3 Å². The topological polar surface area (TPSA) is 52.6 Å². The zero-order valence-electron chi connectivity index (χ0n) is 20.5. The Bertz CT molecular complexity index is 885. The second-order valence-electron chi connectivity index (χ2n) is 12.6. The highest BCUT2D eigenvalue weighted by Crippen LogP contribution is 2.67. The average molecular weight is 439 g/mol. The van der Waals surface area contributed by atoms with Crippen molar-refractivity contribution in [1.29, 1.82) is 0 Å². The second-order valence-corrected chi connectivity index (χ2v) is 12.6. The van der Waals surface area contributed by atoms with Crippen molar-refractivity contribution < 1.29 is 19.1 Å². The lowest BCUT2D eigenvalue weighted by molar-refractivity contribution is -0.0275. The maximum atomic E-state index is 13.3. The Morgan fingerprint density at radius 3 is 1.38 bits per heavy atom. The smallest absolute Gasteiger partial charge is 0.339 e. The lowest BCUT2D eigenvalue weighted by Gasteiger charge is -2.38. The van der Waals surface area contributed by atoms with E-state index >= 15 is 0 Å². The molecule has 4 heteroatoms. The summed E-state index contributed by atoms with van der Waals surface area (Å²) >= 11 is 0. The zero-order chi connectivity index (χ0) is 23.1. The maximum Gasteiger partial charge on any atom is 0.339 e. The van der Waals surface area contributed by atoms with Gasteiger partial charge in [-0.25, -0.2) is 9.59 Å². The summed E-state index contributed by atoms with van der Waals surface area (Å²) < 4.78 is 12.2. The summed E-state index contributed by atoms with van der Waals surface area (Å²) in [6.45, 7) is 13.7. The van der Waals surface area contributed by atoms with Crippen molar-refractivity contribution >= 4 is 11.9 Å². The molecule has 0 heterocycles. The first kappa shape index (κ1) is 22.0. The quantitative estimate of drug-likeness (QED) is 0.508. The minimum Gasteiger partial charge on any atom is -0.458 e. The third-order valence-electron chi connectivity index (χ3n) is 11.3. The summed E-state index contributed by atoms with van der Waals surface area (Å²) in [5.74, 6) is 0.387. The van der Waals surface area contributed by atoms with Gasteiger partial charge in [0, 0.05) is 10.8 Å². The molecule has 1 aromatic carbocycles. The van der Waals surface area contributed by atoms with E-state index in [1.54, 1.807) is 24.3 Å². The molecule has 0 aliphatic heterocycles. The van der Waals surface area contributed by atoms with E-state index in [4.69, 9.17) is 9.47 Å². The molecule has 4 aliphatic carbocycles. The molecule has 0 radical (unpaired) electrons. The number of esters is 2. The van der Waals surface area contributed by atoms with Crippen molar-refractivity contribution in [1.82, 2.24) is 0 Å². The molecule has 4 bridgehead atoms. The van der Waals surface area contributed by atoms with Crippen LogP contribution in [0.3, 0.4) is 0 Å². The molecule has 4 aliphatic rings. The highest BCUT2D eigenvalue weighted by atomic mass is 16.6. The number of carbonyl (C=O) groups excluding carboxylic acids is 2. The minimum atomic E-state index is -0.397. The van der Waals surface area contributed by atoms with Crippen LogP contribution in [0.15, 0.2) is 24.3 Å². The summed E-state index contributed by atoms with van der Waals surface area (Å²) in [7, 11) is 0. The van der Waals surface area contributed by atoms with E-state index < -0.39 is 11.9 Å². The summed E-state index contributed by atoms with van der Waals surface area (Å²) in [5, 5.41) is 0. The summed E-state index contributed by atoms with van der Waals surface area (Å²) in [4.78, 5) is 26.5. The molecule has 0 unspecified atom stereocenters. The average Bonchev–Trinajstić information content (AvgIpc) is 3.25. The van der Waals surface area contributed by atoms with Gasteiger partial charge in [0.15, 0.2) is 0 Å². The first-order chi connectivity index (χ1) is 14.9. The largest absolute Gasteiger partial charge is 0.458 e. The van der Waals surface area contributed by atoms with Crippen molar-refractivity contribution in [2.24, 2.45) is 33.5 Å². The molecule has 32 heavy (non-hydrogen) atoms. The normalized spacial score (nSPS) is 40.4. The highest BCUT2D eigenvalue weighted by Gasteiger charge is 2.64. The van der Waals surface area contributed by atoms with Gasteiger partial charge in [0.25, 0.3) is 0 Å². The number of benzene rings is 1. The molecule has 174 valence electrons. The lowest BCUT2D eigenvalue weighted by atomic mass is 9.70. The van der Waals surface area contributed by atoms with Crippen molar-refractivity contribution in [3.63, 3.8) is 0 Å². The lowest BCUT2D eigenvalue weighted by Crippen LogP contribution is -2.39. The summed E-state index contributed by atoms with van der Waals surface area (Å²) in [6, 6.07) is 6.99. The Kier molecular flexibility index (Phi) is 4.69. The molecule has 6 atom stereocenters. The molecule has 4 saturated carbocycles. The molecule has 0 saturated heterocycles. The van der Waals surface area contributed by atoms with Gasteiger partial charge in [0.05, 0.1) is 11.1 Å². The van der Waals surface area contributed by atoms with Crippen LogP contribution in [0.25, 0.3) is 0 Å². The summed E-state index contributed by atoms with van der Waals surface area (Å²) in [5.41, 5.74) is 0.974. The fraction of sp³-hybridized carbons (Fsp3) is 0.714. The SMILES string of the molecule is CC1(C)[C@H]2CC[C@]1(C)[C@H](OC(=O)c1ccccc1C(=O)O[C@@H]1C[C@@H]3CC[C@@]1(C)C3(C)C)C2. The molecular weight excluding hydrogens is 400 g/mol. The molecule has 0 aromatic heterocycles. The van der Waals surface area contributed by atoms with Crippen molar-refractivity contribution in [2.45, 2.75) is 92.3 Å². The molecule has 0 N–H and O–H groups in total. The Morgan fingerprint density at radius 2 is 1.09 bits per heavy atom. The van der Waals surface area contributed by atoms with Gasteiger partial charge in [-0.2, -0.15) is 0 Å². The first-order valence-corrected chi connectivity index (χ1v) is 12.4. The van der Waals surface area contributed by atoms with Gasteiger partial charge in [-0.15, -0.1) is 0 Å². The van der Waals surface area contributed by atoms with Gasteiger partial charge in [-0.3, -0.25) is 0 Å². The summed E-state index contributed by atoms with van der Waals surface area (Å²) in [6.07, 6.45) is 6.22. The van der Waals surface area contributed by atoms with Crippen LogP contribution < -0.4 is 0 Å². The third-order valence-corrected chi connectivity index (χ3v) is 11.3. The van der Waals surface area contributed by atoms with Crippen molar-refractivity contribution in [3.8, 4) is 0 Å². The molecule has 4 fully saturated rings. The van der Waals surface area contributed by atoms with E-state index in [0.29, 0.717) is 23.0 Å². The van der Waals surface area contributed by atoms with Crippen LogP contribution in [-0.2, 0) is 9.47 Å². The fourth-order valence-electron chi connectivity index (χ4n) is 7.84. The van der Waals surface area contributed by atoms with Crippen LogP contribution in [0.2, 0.25) is 0 Å². The molecule has 0 amide bonds. The van der Waals surface area contributed by atoms with E-state index in [1.165, 1.54) is 12.8 Å². The molecule has 0 spiro atoms. The van der Waals surface area contributed by atoms with Gasteiger partial charge in [0.1, 0.15) is 12.2 Å². The number of hydrogen-bond donors (Lipinski definition) is 0. The van der Waals surface area contributed by atoms with Crippen molar-refractivity contribution in [2.75, 3.05) is 0 Å². The van der Waals surface area contributed by atoms with Gasteiger partial charge >= 0.3 is 11.9 Å². The van der Waals surface area contributed by atoms with E-state index in [1.807, 2.05) is 0 Å². The number of ether oxygens (including phenoxy) is 2. The number of rotatable bonds is 4. The molecular formula is C28H38O4. The third kappa shape index (κ3) is 2.73. The second kappa shape index (κ2) is 6.84. The Hall–Kier alpha value is -1.84. The standard InChI is InChI=1S/C28H38O4/c1-25(2)17-11-13-27(25,5)21(15-17)31-23(29)19-9-7-8-10-20(19)24(30)32-22-16-18-12-14-28(22,6)26(18,3)4/h7-10,17-18,21-22H,11-16H2,1-6H3/t17-,18-,21+,22+,27+,28+/m0/s1. The van der Waals surface area contributed by atoms with Crippen LogP contribution in [0.5, 0.6) is 0 Å². The van der Waals surface area contributed by atoms with E-state index in [2.05, 4.69) is 41.5 Å². The monoisotopic (exact) mass is 438 g/mol. The Balaban J connectivity index is 1.34. The van der Waals surface area contributed by atoms with E-state index in [9.17, 15) is 9.59 Å². The van der Waals surface area contributed by atoms with Crippen LogP contribution >= 0.6 is 0 Å². The zero-order valence-corrected chi connectivity index (χ0v) is 20.5. The Morgan fingerprint density at radius 1 is 0.719 bits per heavy atom. The number of fused-ring (bicyclic) bond motifs is 4. The Labute approximate surface area is 192 Å². The van der Waals surface area contributed by atoms with E-state index in [0.717, 1.165) is 25.7 Å². The minimum absolute atomic E-state index is 0.00790. The first-order valence-electron chi connectivity index (χ1n) is 12.4. The molecule has 1 aromatic rings. The van der Waals surface area contributed by atoms with Crippen LogP contribution in [0.1, 0.15) is 101 Å². The predicted molar refractivity (Wildman–Crippen MR) is 123 cm³/mol. The highest BCUT2D eigenvalue weighted by molar-refractivity contribution is 6.03. The number of hydrogen-bond acceptors (Lipinski definition) is 4. The molecule has 4 nitrogen and oxygen atoms in total. The van der Waals surface area contributed by atoms with Crippen LogP contribution in [0.4, 0.5) is 0 Å². The van der Waals surface area contributed by atoms with Gasteiger partial charge in [0.2, 0.25) is 0 Å².